The molecule has 0 aromatic heterocycles. The number of ether oxygens (including phenoxy) is 1. The molecule has 2 aromatic rings. The second-order valence-corrected chi connectivity index (χ2v) is 7.33. The summed E-state index contributed by atoms with van der Waals surface area (Å²) < 4.78 is 34.4. The zero-order valence-corrected chi connectivity index (χ0v) is 16.5. The monoisotopic (exact) mass is 422 g/mol. The SMILES string of the molecule is CC(=O)NC1C(F)CN(C(=O)OCc2ccccc2)C1Cc1cccc(Cl)c1F. The van der Waals surface area contributed by atoms with Gasteiger partial charge in [0.2, 0.25) is 5.91 Å². The first-order chi connectivity index (χ1) is 13.9. The first-order valence-corrected chi connectivity index (χ1v) is 9.56. The van der Waals surface area contributed by atoms with E-state index in [1.54, 1.807) is 18.2 Å². The van der Waals surface area contributed by atoms with E-state index < -0.39 is 36.1 Å². The highest BCUT2D eigenvalue weighted by Gasteiger charge is 2.45. The van der Waals surface area contributed by atoms with Gasteiger partial charge < -0.3 is 10.1 Å². The van der Waals surface area contributed by atoms with Crippen LogP contribution in [0.2, 0.25) is 5.02 Å². The number of halogens is 3. The zero-order chi connectivity index (χ0) is 21.0. The standard InChI is InChI=1S/C21H21ClF2N2O3/c1-13(27)25-20-17(23)11-26(21(28)29-12-14-6-3-2-4-7-14)18(20)10-15-8-5-9-16(22)19(15)24/h2-9,17-18,20H,10-12H2,1H3,(H,25,27). The van der Waals surface area contributed by atoms with Crippen LogP contribution in [0.5, 0.6) is 0 Å². The van der Waals surface area contributed by atoms with Gasteiger partial charge in [0.15, 0.2) is 0 Å². The molecule has 1 saturated heterocycles. The Balaban J connectivity index is 1.80. The lowest BCUT2D eigenvalue weighted by Crippen LogP contribution is -2.49. The van der Waals surface area contributed by atoms with Gasteiger partial charge in [-0.3, -0.25) is 9.69 Å². The molecular formula is C21H21ClF2N2O3. The van der Waals surface area contributed by atoms with E-state index in [0.717, 1.165) is 5.56 Å². The molecule has 2 aromatic carbocycles. The number of nitrogens with zero attached hydrogens (tertiary/aromatic N) is 1. The highest BCUT2D eigenvalue weighted by atomic mass is 35.5. The lowest BCUT2D eigenvalue weighted by Gasteiger charge is -2.28. The van der Waals surface area contributed by atoms with Crippen molar-refractivity contribution >= 4 is 23.6 Å². The molecule has 3 unspecified atom stereocenters. The van der Waals surface area contributed by atoms with Gasteiger partial charge in [-0.15, -0.1) is 0 Å². The molecule has 5 nitrogen and oxygen atoms in total. The summed E-state index contributed by atoms with van der Waals surface area (Å²) in [7, 11) is 0. The Morgan fingerprint density at radius 2 is 1.93 bits per heavy atom. The third-order valence-corrected chi connectivity index (χ3v) is 5.14. The fraction of sp³-hybridized carbons (Fsp3) is 0.333. The van der Waals surface area contributed by atoms with Crippen LogP contribution in [0.3, 0.4) is 0 Å². The maximum Gasteiger partial charge on any atom is 0.410 e. The summed E-state index contributed by atoms with van der Waals surface area (Å²) in [5.74, 6) is -1.07. The number of amides is 2. The number of hydrogen-bond donors (Lipinski definition) is 1. The van der Waals surface area contributed by atoms with E-state index in [-0.39, 0.29) is 30.2 Å². The molecule has 1 N–H and O–H groups in total. The molecule has 0 spiro atoms. The maximum absolute atomic E-state index is 14.7. The summed E-state index contributed by atoms with van der Waals surface area (Å²) in [4.78, 5) is 25.4. The van der Waals surface area contributed by atoms with Gasteiger partial charge in [0.05, 0.1) is 23.7 Å². The minimum Gasteiger partial charge on any atom is -0.445 e. The van der Waals surface area contributed by atoms with Crippen LogP contribution in [0.4, 0.5) is 13.6 Å². The minimum absolute atomic E-state index is 0.0157. The maximum atomic E-state index is 14.7. The molecule has 2 amide bonds. The van der Waals surface area contributed by atoms with Crippen molar-refractivity contribution in [1.29, 1.82) is 0 Å². The summed E-state index contributed by atoms with van der Waals surface area (Å²) in [6, 6.07) is 11.8. The Morgan fingerprint density at radius 3 is 2.62 bits per heavy atom. The summed E-state index contributed by atoms with van der Waals surface area (Å²) in [6.07, 6.45) is -2.25. The van der Waals surface area contributed by atoms with Gasteiger partial charge in [-0.1, -0.05) is 54.1 Å². The van der Waals surface area contributed by atoms with E-state index >= 15 is 0 Å². The summed E-state index contributed by atoms with van der Waals surface area (Å²) in [5.41, 5.74) is 1.01. The van der Waals surface area contributed by atoms with Gasteiger partial charge in [0.1, 0.15) is 18.6 Å². The number of rotatable bonds is 5. The van der Waals surface area contributed by atoms with Gasteiger partial charge >= 0.3 is 6.09 Å². The van der Waals surface area contributed by atoms with E-state index in [0.29, 0.717) is 0 Å². The lowest BCUT2D eigenvalue weighted by molar-refractivity contribution is -0.120. The zero-order valence-electron chi connectivity index (χ0n) is 15.8. The van der Waals surface area contributed by atoms with Crippen molar-refractivity contribution in [2.24, 2.45) is 0 Å². The second kappa shape index (κ2) is 9.22. The minimum atomic E-state index is -1.50. The molecule has 154 valence electrons. The van der Waals surface area contributed by atoms with E-state index in [4.69, 9.17) is 16.3 Å². The van der Waals surface area contributed by atoms with Gasteiger partial charge in [0.25, 0.3) is 0 Å². The molecule has 3 atom stereocenters. The first kappa shape index (κ1) is 21.0. The van der Waals surface area contributed by atoms with Gasteiger partial charge in [0, 0.05) is 6.92 Å². The van der Waals surface area contributed by atoms with Crippen molar-refractivity contribution in [3.05, 3.63) is 70.5 Å². The molecule has 1 aliphatic heterocycles. The first-order valence-electron chi connectivity index (χ1n) is 9.18. The van der Waals surface area contributed by atoms with Crippen molar-refractivity contribution in [1.82, 2.24) is 10.2 Å². The quantitative estimate of drug-likeness (QED) is 0.795. The Kier molecular flexibility index (Phi) is 6.69. The number of hydrogen-bond acceptors (Lipinski definition) is 3. The Bertz CT molecular complexity index is 881. The van der Waals surface area contributed by atoms with Crippen LogP contribution in [0.15, 0.2) is 48.5 Å². The average Bonchev–Trinajstić information content (AvgIpc) is 2.99. The Morgan fingerprint density at radius 1 is 1.21 bits per heavy atom. The molecule has 1 heterocycles. The third-order valence-electron chi connectivity index (χ3n) is 4.85. The van der Waals surface area contributed by atoms with Crippen LogP contribution in [-0.2, 0) is 22.6 Å². The number of alkyl halides is 1. The molecule has 0 bridgehead atoms. The number of nitrogens with one attached hydrogen (secondary N) is 1. The van der Waals surface area contributed by atoms with Gasteiger partial charge in [-0.25, -0.2) is 13.6 Å². The van der Waals surface area contributed by atoms with Crippen LogP contribution in [0.25, 0.3) is 0 Å². The van der Waals surface area contributed by atoms with E-state index in [1.165, 1.54) is 24.0 Å². The van der Waals surface area contributed by atoms with Crippen molar-refractivity contribution in [3.63, 3.8) is 0 Å². The highest BCUT2D eigenvalue weighted by Crippen LogP contribution is 2.28. The number of benzene rings is 2. The molecule has 0 saturated carbocycles. The number of carbonyl (C=O) groups is 2. The highest BCUT2D eigenvalue weighted by molar-refractivity contribution is 6.30. The topological polar surface area (TPSA) is 58.6 Å². The van der Waals surface area contributed by atoms with Crippen LogP contribution < -0.4 is 5.32 Å². The second-order valence-electron chi connectivity index (χ2n) is 6.92. The van der Waals surface area contributed by atoms with Gasteiger partial charge in [-0.2, -0.15) is 0 Å². The van der Waals surface area contributed by atoms with Crippen LogP contribution >= 0.6 is 11.6 Å². The predicted molar refractivity (Wildman–Crippen MR) is 105 cm³/mol. The largest absolute Gasteiger partial charge is 0.445 e. The van der Waals surface area contributed by atoms with Crippen molar-refractivity contribution < 1.29 is 23.1 Å². The molecule has 0 aliphatic carbocycles. The van der Waals surface area contributed by atoms with Crippen LogP contribution in [0, 0.1) is 5.82 Å². The summed E-state index contributed by atoms with van der Waals surface area (Å²) >= 11 is 5.84. The van der Waals surface area contributed by atoms with Crippen LogP contribution in [-0.4, -0.2) is 41.7 Å². The average molecular weight is 423 g/mol. The predicted octanol–water partition coefficient (Wildman–Crippen LogP) is 3.89. The summed E-state index contributed by atoms with van der Waals surface area (Å²) in [5, 5.41) is 2.47. The summed E-state index contributed by atoms with van der Waals surface area (Å²) in [6.45, 7) is 1.03. The molecule has 3 rings (SSSR count). The normalized spacial score (nSPS) is 21.1. The number of likely N-dealkylation sites (tertiary alicyclic amines) is 1. The molecule has 29 heavy (non-hydrogen) atoms. The molecule has 8 heteroatoms. The molecule has 1 fully saturated rings. The third kappa shape index (κ3) is 5.03. The Labute approximate surface area is 172 Å². The van der Waals surface area contributed by atoms with E-state index in [9.17, 15) is 18.4 Å². The van der Waals surface area contributed by atoms with Crippen molar-refractivity contribution in [2.45, 2.75) is 38.2 Å². The van der Waals surface area contributed by atoms with Crippen LogP contribution in [0.1, 0.15) is 18.1 Å². The fourth-order valence-corrected chi connectivity index (χ4v) is 3.67. The Hall–Kier alpha value is -2.67. The molecular weight excluding hydrogens is 402 g/mol. The van der Waals surface area contributed by atoms with Gasteiger partial charge in [-0.05, 0) is 23.6 Å². The van der Waals surface area contributed by atoms with E-state index in [2.05, 4.69) is 5.32 Å². The fourth-order valence-electron chi connectivity index (χ4n) is 3.47. The molecule has 0 radical (unpaired) electrons. The smallest absolute Gasteiger partial charge is 0.410 e. The van der Waals surface area contributed by atoms with Crippen molar-refractivity contribution in [2.75, 3.05) is 6.54 Å². The van der Waals surface area contributed by atoms with E-state index in [1.807, 2.05) is 18.2 Å². The van der Waals surface area contributed by atoms with Crippen molar-refractivity contribution in [3.8, 4) is 0 Å². The molecule has 1 aliphatic rings. The lowest BCUT2D eigenvalue weighted by atomic mass is 9.99. The number of carbonyl (C=O) groups excluding carboxylic acids is 2.